The number of rotatable bonds is 6. The van der Waals surface area contributed by atoms with E-state index in [1.54, 1.807) is 26.0 Å². The number of unbranched alkanes of at least 4 members (excludes halogenated alkanes) is 1. The highest BCUT2D eigenvalue weighted by atomic mass is 32.2. The molecule has 0 N–H and O–H groups in total. The summed E-state index contributed by atoms with van der Waals surface area (Å²) in [5, 5.41) is 4.05. The van der Waals surface area contributed by atoms with E-state index in [1.807, 2.05) is 13.8 Å². The van der Waals surface area contributed by atoms with Gasteiger partial charge in [-0.15, -0.1) is 0 Å². The van der Waals surface area contributed by atoms with Crippen LogP contribution in [0, 0.1) is 20.8 Å². The molecular formula is C19H25N3O4S. The Morgan fingerprint density at radius 3 is 2.30 bits per heavy atom. The first-order valence-electron chi connectivity index (χ1n) is 8.79. The molecule has 0 aliphatic heterocycles. The Hall–Kier alpha value is -2.48. The van der Waals surface area contributed by atoms with Gasteiger partial charge in [0.05, 0.1) is 4.90 Å². The average Bonchev–Trinajstić information content (AvgIpc) is 2.58. The predicted molar refractivity (Wildman–Crippen MR) is 103 cm³/mol. The molecule has 0 saturated carbocycles. The molecule has 1 heterocycles. The SMILES string of the molecule is CCCCn1nc(C(=O)N(C)S(=O)(=O)c2c(C)cc(C)cc2C)ccc1=O. The minimum Gasteiger partial charge on any atom is -0.268 e. The molecule has 7 nitrogen and oxygen atoms in total. The second-order valence-corrected chi connectivity index (χ2v) is 8.55. The van der Waals surface area contributed by atoms with Crippen molar-refractivity contribution < 1.29 is 13.2 Å². The topological polar surface area (TPSA) is 89.3 Å². The number of sulfonamides is 1. The lowest BCUT2D eigenvalue weighted by Gasteiger charge is -2.20. The van der Waals surface area contributed by atoms with E-state index in [0.29, 0.717) is 22.0 Å². The lowest BCUT2D eigenvalue weighted by molar-refractivity contribution is 0.0874. The van der Waals surface area contributed by atoms with Crippen LogP contribution in [0.5, 0.6) is 0 Å². The zero-order valence-corrected chi connectivity index (χ0v) is 17.1. The van der Waals surface area contributed by atoms with Crippen LogP contribution in [0.3, 0.4) is 0 Å². The van der Waals surface area contributed by atoms with Gasteiger partial charge in [0, 0.05) is 19.7 Å². The standard InChI is InChI=1S/C19H25N3O4S/c1-6-7-10-22-17(23)9-8-16(20-22)19(24)21(5)27(25,26)18-14(3)11-13(2)12-15(18)4/h8-9,11-12H,6-7,10H2,1-5H3. The maximum atomic E-state index is 13.0. The maximum absolute atomic E-state index is 13.0. The third kappa shape index (κ3) is 4.27. The van der Waals surface area contributed by atoms with Gasteiger partial charge in [0.2, 0.25) is 0 Å². The normalized spacial score (nSPS) is 11.4. The van der Waals surface area contributed by atoms with Gasteiger partial charge in [-0.2, -0.15) is 5.10 Å². The van der Waals surface area contributed by atoms with Gasteiger partial charge >= 0.3 is 0 Å². The average molecular weight is 391 g/mol. The monoisotopic (exact) mass is 391 g/mol. The fraction of sp³-hybridized carbons (Fsp3) is 0.421. The van der Waals surface area contributed by atoms with E-state index in [2.05, 4.69) is 5.10 Å². The Bertz CT molecular complexity index is 1000. The minimum absolute atomic E-state index is 0.0841. The molecule has 0 fully saturated rings. The Morgan fingerprint density at radius 1 is 1.15 bits per heavy atom. The molecular weight excluding hydrogens is 366 g/mol. The van der Waals surface area contributed by atoms with E-state index in [0.717, 1.165) is 18.4 Å². The summed E-state index contributed by atoms with van der Waals surface area (Å²) in [7, 11) is -2.84. The highest BCUT2D eigenvalue weighted by molar-refractivity contribution is 7.89. The van der Waals surface area contributed by atoms with Crippen LogP contribution < -0.4 is 5.56 Å². The first-order valence-corrected chi connectivity index (χ1v) is 10.2. The van der Waals surface area contributed by atoms with Crippen LogP contribution >= 0.6 is 0 Å². The first-order chi connectivity index (χ1) is 12.6. The second-order valence-electron chi connectivity index (χ2n) is 6.64. The van der Waals surface area contributed by atoms with Crippen molar-refractivity contribution in [1.82, 2.24) is 14.1 Å². The molecule has 0 radical (unpaired) electrons. The summed E-state index contributed by atoms with van der Waals surface area (Å²) in [5.74, 6) is -0.778. The highest BCUT2D eigenvalue weighted by Gasteiger charge is 2.30. The molecule has 8 heteroatoms. The number of amides is 1. The van der Waals surface area contributed by atoms with Crippen LogP contribution in [-0.4, -0.2) is 35.5 Å². The fourth-order valence-electron chi connectivity index (χ4n) is 3.01. The molecule has 1 amide bonds. The van der Waals surface area contributed by atoms with Crippen molar-refractivity contribution in [1.29, 1.82) is 0 Å². The minimum atomic E-state index is -4.05. The number of hydrogen-bond acceptors (Lipinski definition) is 5. The third-order valence-corrected chi connectivity index (χ3v) is 6.37. The summed E-state index contributed by atoms with van der Waals surface area (Å²) in [6.45, 7) is 7.65. The highest BCUT2D eigenvalue weighted by Crippen LogP contribution is 2.25. The molecule has 146 valence electrons. The van der Waals surface area contributed by atoms with Gasteiger partial charge in [0.25, 0.3) is 21.5 Å². The van der Waals surface area contributed by atoms with Crippen molar-refractivity contribution in [3.63, 3.8) is 0 Å². The van der Waals surface area contributed by atoms with E-state index in [1.165, 1.54) is 23.9 Å². The Labute approximate surface area is 159 Å². The van der Waals surface area contributed by atoms with Crippen LogP contribution in [-0.2, 0) is 16.6 Å². The van der Waals surface area contributed by atoms with E-state index < -0.39 is 15.9 Å². The number of nitrogens with zero attached hydrogens (tertiary/aromatic N) is 3. The predicted octanol–water partition coefficient (Wildman–Crippen LogP) is 2.43. The van der Waals surface area contributed by atoms with Crippen LogP contribution in [0.15, 0.2) is 34.0 Å². The summed E-state index contributed by atoms with van der Waals surface area (Å²) in [6, 6.07) is 6.02. The van der Waals surface area contributed by atoms with Crippen molar-refractivity contribution >= 4 is 15.9 Å². The molecule has 0 aliphatic rings. The van der Waals surface area contributed by atoms with Crippen LogP contribution in [0.2, 0.25) is 0 Å². The Kier molecular flexibility index (Phi) is 6.20. The Balaban J connectivity index is 2.44. The van der Waals surface area contributed by atoms with Gasteiger partial charge in [0.15, 0.2) is 0 Å². The van der Waals surface area contributed by atoms with E-state index in [-0.39, 0.29) is 16.1 Å². The van der Waals surface area contributed by atoms with Gasteiger partial charge in [-0.05, 0) is 44.4 Å². The number of hydrogen-bond donors (Lipinski definition) is 0. The van der Waals surface area contributed by atoms with E-state index in [9.17, 15) is 18.0 Å². The number of benzene rings is 1. The van der Waals surface area contributed by atoms with Crippen molar-refractivity contribution in [2.45, 2.75) is 52.0 Å². The van der Waals surface area contributed by atoms with Crippen LogP contribution in [0.1, 0.15) is 46.9 Å². The second kappa shape index (κ2) is 8.04. The summed E-state index contributed by atoms with van der Waals surface area (Å²) < 4.78 is 27.9. The molecule has 0 bridgehead atoms. The molecule has 0 atom stereocenters. The number of aryl methyl sites for hydroxylation is 4. The van der Waals surface area contributed by atoms with Crippen molar-refractivity contribution in [2.75, 3.05) is 7.05 Å². The van der Waals surface area contributed by atoms with Crippen molar-refractivity contribution in [3.8, 4) is 0 Å². The van der Waals surface area contributed by atoms with Crippen molar-refractivity contribution in [3.05, 3.63) is 57.0 Å². The van der Waals surface area contributed by atoms with Crippen LogP contribution in [0.25, 0.3) is 0 Å². The summed E-state index contributed by atoms with van der Waals surface area (Å²) >= 11 is 0. The fourth-order valence-corrected chi connectivity index (χ4v) is 4.53. The summed E-state index contributed by atoms with van der Waals surface area (Å²) in [4.78, 5) is 24.7. The van der Waals surface area contributed by atoms with E-state index >= 15 is 0 Å². The van der Waals surface area contributed by atoms with Gasteiger partial charge in [-0.1, -0.05) is 31.0 Å². The smallest absolute Gasteiger partial charge is 0.268 e. The number of aromatic nitrogens is 2. The first kappa shape index (κ1) is 20.8. The molecule has 27 heavy (non-hydrogen) atoms. The molecule has 0 saturated heterocycles. The van der Waals surface area contributed by atoms with Gasteiger partial charge in [0.1, 0.15) is 5.69 Å². The lowest BCUT2D eigenvalue weighted by Crippen LogP contribution is -2.36. The molecule has 0 spiro atoms. The Morgan fingerprint density at radius 2 is 1.74 bits per heavy atom. The quantitative estimate of drug-likeness (QED) is 0.754. The van der Waals surface area contributed by atoms with Crippen molar-refractivity contribution in [2.24, 2.45) is 0 Å². The van der Waals surface area contributed by atoms with Crippen LogP contribution in [0.4, 0.5) is 0 Å². The molecule has 0 unspecified atom stereocenters. The molecule has 2 aromatic rings. The zero-order chi connectivity index (χ0) is 20.4. The summed E-state index contributed by atoms with van der Waals surface area (Å²) in [6.07, 6.45) is 1.60. The zero-order valence-electron chi connectivity index (χ0n) is 16.3. The molecule has 2 rings (SSSR count). The summed E-state index contributed by atoms with van der Waals surface area (Å²) in [5.41, 5.74) is 1.69. The van der Waals surface area contributed by atoms with Gasteiger partial charge in [-0.25, -0.2) is 17.4 Å². The van der Waals surface area contributed by atoms with Gasteiger partial charge in [-0.3, -0.25) is 9.59 Å². The molecule has 0 aliphatic carbocycles. The van der Waals surface area contributed by atoms with Gasteiger partial charge < -0.3 is 0 Å². The molecule has 1 aromatic heterocycles. The maximum Gasteiger partial charge on any atom is 0.287 e. The third-order valence-electron chi connectivity index (χ3n) is 4.32. The largest absolute Gasteiger partial charge is 0.287 e. The lowest BCUT2D eigenvalue weighted by atomic mass is 10.1. The number of carbonyl (C=O) groups excluding carboxylic acids is 1. The number of carbonyl (C=O) groups is 1. The molecule has 1 aromatic carbocycles. The van der Waals surface area contributed by atoms with E-state index in [4.69, 9.17) is 0 Å².